The fourth-order valence-electron chi connectivity index (χ4n) is 2.68. The molecule has 1 amide bonds. The largest absolute Gasteiger partial charge is 0.480 e. The lowest BCUT2D eigenvalue weighted by molar-refractivity contribution is -0.122. The standard InChI is InChI=1S/C17H14N2O2/c20-17(16-10-12-3-1-2-4-15(12)21-16)19-13-5-6-14-11(9-13)7-8-18-14/h1-9,16,18H,10H2,(H,19,20). The lowest BCUT2D eigenvalue weighted by atomic mass is 10.1. The van der Waals surface area contributed by atoms with Crippen molar-refractivity contribution in [3.8, 4) is 5.75 Å². The van der Waals surface area contributed by atoms with Crippen LogP contribution in [0.25, 0.3) is 10.9 Å². The van der Waals surface area contributed by atoms with E-state index in [0.29, 0.717) is 6.42 Å². The van der Waals surface area contributed by atoms with E-state index in [2.05, 4.69) is 10.3 Å². The number of anilines is 1. The monoisotopic (exact) mass is 278 g/mol. The summed E-state index contributed by atoms with van der Waals surface area (Å²) in [5.41, 5.74) is 2.92. The summed E-state index contributed by atoms with van der Waals surface area (Å²) >= 11 is 0. The van der Waals surface area contributed by atoms with Crippen LogP contribution in [0.1, 0.15) is 5.56 Å². The summed E-state index contributed by atoms with van der Waals surface area (Å²) in [6.07, 6.45) is 2.05. The molecule has 104 valence electrons. The lowest BCUT2D eigenvalue weighted by Gasteiger charge is -2.11. The van der Waals surface area contributed by atoms with Gasteiger partial charge in [-0.25, -0.2) is 0 Å². The number of ether oxygens (including phenoxy) is 1. The predicted molar refractivity (Wildman–Crippen MR) is 81.5 cm³/mol. The number of para-hydroxylation sites is 1. The van der Waals surface area contributed by atoms with Crippen molar-refractivity contribution in [2.75, 3.05) is 5.32 Å². The van der Waals surface area contributed by atoms with E-state index in [-0.39, 0.29) is 5.91 Å². The molecular formula is C17H14N2O2. The summed E-state index contributed by atoms with van der Waals surface area (Å²) < 4.78 is 5.70. The van der Waals surface area contributed by atoms with E-state index in [1.54, 1.807) is 0 Å². The van der Waals surface area contributed by atoms with Crippen LogP contribution >= 0.6 is 0 Å². The molecule has 2 heterocycles. The first-order chi connectivity index (χ1) is 10.3. The molecule has 1 aliphatic heterocycles. The molecule has 1 aliphatic rings. The van der Waals surface area contributed by atoms with Gasteiger partial charge in [0.25, 0.3) is 5.91 Å². The summed E-state index contributed by atoms with van der Waals surface area (Å²) in [5.74, 6) is 0.694. The van der Waals surface area contributed by atoms with E-state index in [0.717, 1.165) is 27.9 Å². The molecule has 2 aromatic carbocycles. The number of carbonyl (C=O) groups is 1. The second kappa shape index (κ2) is 4.66. The van der Waals surface area contributed by atoms with Gasteiger partial charge in [0.05, 0.1) is 0 Å². The normalized spacial score (nSPS) is 16.5. The van der Waals surface area contributed by atoms with Crippen LogP contribution in [0.15, 0.2) is 54.7 Å². The van der Waals surface area contributed by atoms with Gasteiger partial charge in [0.2, 0.25) is 0 Å². The first-order valence-electron chi connectivity index (χ1n) is 6.92. The highest BCUT2D eigenvalue weighted by atomic mass is 16.5. The van der Waals surface area contributed by atoms with Gasteiger partial charge in [-0.1, -0.05) is 18.2 Å². The number of hydrogen-bond acceptors (Lipinski definition) is 2. The van der Waals surface area contributed by atoms with E-state index < -0.39 is 6.10 Å². The van der Waals surface area contributed by atoms with Crippen molar-refractivity contribution in [1.29, 1.82) is 0 Å². The molecule has 21 heavy (non-hydrogen) atoms. The summed E-state index contributed by atoms with van der Waals surface area (Å²) in [7, 11) is 0. The minimum atomic E-state index is -0.454. The molecule has 1 aromatic heterocycles. The molecular weight excluding hydrogens is 264 g/mol. The van der Waals surface area contributed by atoms with E-state index in [9.17, 15) is 4.79 Å². The number of aromatic nitrogens is 1. The van der Waals surface area contributed by atoms with Crippen LogP contribution in [0.4, 0.5) is 5.69 Å². The maximum atomic E-state index is 12.3. The van der Waals surface area contributed by atoms with Crippen LogP contribution in [0.5, 0.6) is 5.75 Å². The van der Waals surface area contributed by atoms with E-state index >= 15 is 0 Å². The molecule has 4 nitrogen and oxygen atoms in total. The Morgan fingerprint density at radius 1 is 1.19 bits per heavy atom. The second-order valence-corrected chi connectivity index (χ2v) is 5.19. The fourth-order valence-corrected chi connectivity index (χ4v) is 2.68. The number of rotatable bonds is 2. The third kappa shape index (κ3) is 2.14. The summed E-state index contributed by atoms with van der Waals surface area (Å²) in [4.78, 5) is 15.4. The molecule has 4 heteroatoms. The maximum Gasteiger partial charge on any atom is 0.265 e. The number of aromatic amines is 1. The first-order valence-corrected chi connectivity index (χ1v) is 6.92. The van der Waals surface area contributed by atoms with Gasteiger partial charge in [0, 0.05) is 29.2 Å². The Balaban J connectivity index is 1.51. The van der Waals surface area contributed by atoms with Crippen molar-refractivity contribution in [2.24, 2.45) is 0 Å². The summed E-state index contributed by atoms with van der Waals surface area (Å²) in [5, 5.41) is 4.00. The molecule has 0 bridgehead atoms. The van der Waals surface area contributed by atoms with Crippen molar-refractivity contribution in [2.45, 2.75) is 12.5 Å². The first kappa shape index (κ1) is 12.0. The smallest absolute Gasteiger partial charge is 0.265 e. The van der Waals surface area contributed by atoms with Gasteiger partial charge in [-0.2, -0.15) is 0 Å². The Bertz CT molecular complexity index is 797. The average Bonchev–Trinajstić information content (AvgIpc) is 3.13. The molecule has 0 saturated carbocycles. The van der Waals surface area contributed by atoms with Crippen LogP contribution in [0.2, 0.25) is 0 Å². The third-order valence-corrected chi connectivity index (χ3v) is 3.76. The SMILES string of the molecule is O=C(Nc1ccc2[nH]ccc2c1)C1Cc2ccccc2O1. The zero-order chi connectivity index (χ0) is 14.2. The van der Waals surface area contributed by atoms with Crippen LogP contribution in [-0.4, -0.2) is 17.0 Å². The van der Waals surface area contributed by atoms with Crippen molar-refractivity contribution in [3.05, 3.63) is 60.3 Å². The predicted octanol–water partition coefficient (Wildman–Crippen LogP) is 3.11. The quantitative estimate of drug-likeness (QED) is 0.756. The summed E-state index contributed by atoms with van der Waals surface area (Å²) in [6, 6.07) is 15.5. The highest BCUT2D eigenvalue weighted by Gasteiger charge is 2.28. The summed E-state index contributed by atoms with van der Waals surface area (Å²) in [6.45, 7) is 0. The van der Waals surface area contributed by atoms with Crippen molar-refractivity contribution < 1.29 is 9.53 Å². The Morgan fingerprint density at radius 3 is 3.00 bits per heavy atom. The Hall–Kier alpha value is -2.75. The fraction of sp³-hybridized carbons (Fsp3) is 0.118. The minimum absolute atomic E-state index is 0.110. The maximum absolute atomic E-state index is 12.3. The number of amides is 1. The molecule has 0 spiro atoms. The van der Waals surface area contributed by atoms with Gasteiger partial charge in [-0.15, -0.1) is 0 Å². The van der Waals surface area contributed by atoms with Gasteiger partial charge in [0.1, 0.15) is 5.75 Å². The Labute approximate surface area is 121 Å². The van der Waals surface area contributed by atoms with Crippen molar-refractivity contribution in [1.82, 2.24) is 4.98 Å². The lowest BCUT2D eigenvalue weighted by Crippen LogP contribution is -2.31. The van der Waals surface area contributed by atoms with Gasteiger partial charge in [0.15, 0.2) is 6.10 Å². The van der Waals surface area contributed by atoms with Crippen molar-refractivity contribution >= 4 is 22.5 Å². The van der Waals surface area contributed by atoms with Gasteiger partial charge in [-0.05, 0) is 35.9 Å². The molecule has 1 atom stereocenters. The molecule has 2 N–H and O–H groups in total. The van der Waals surface area contributed by atoms with Gasteiger partial charge in [-0.3, -0.25) is 4.79 Å². The number of H-pyrrole nitrogens is 1. The van der Waals surface area contributed by atoms with E-state index in [1.807, 2.05) is 54.7 Å². The van der Waals surface area contributed by atoms with Crippen molar-refractivity contribution in [3.63, 3.8) is 0 Å². The highest BCUT2D eigenvalue weighted by molar-refractivity contribution is 5.97. The molecule has 0 fully saturated rings. The molecule has 3 aromatic rings. The average molecular weight is 278 g/mol. The van der Waals surface area contributed by atoms with Crippen LogP contribution in [0, 0.1) is 0 Å². The second-order valence-electron chi connectivity index (χ2n) is 5.19. The van der Waals surface area contributed by atoms with Crippen LogP contribution < -0.4 is 10.1 Å². The zero-order valence-electron chi connectivity index (χ0n) is 11.3. The third-order valence-electron chi connectivity index (χ3n) is 3.76. The van der Waals surface area contributed by atoms with Crippen LogP contribution in [0.3, 0.4) is 0 Å². The molecule has 0 radical (unpaired) electrons. The Morgan fingerprint density at radius 2 is 2.10 bits per heavy atom. The number of carbonyl (C=O) groups excluding carboxylic acids is 1. The van der Waals surface area contributed by atoms with Crippen LogP contribution in [-0.2, 0) is 11.2 Å². The van der Waals surface area contributed by atoms with E-state index in [1.165, 1.54) is 0 Å². The zero-order valence-corrected chi connectivity index (χ0v) is 11.3. The number of fused-ring (bicyclic) bond motifs is 2. The highest BCUT2D eigenvalue weighted by Crippen LogP contribution is 2.28. The topological polar surface area (TPSA) is 54.1 Å². The molecule has 0 aliphatic carbocycles. The minimum Gasteiger partial charge on any atom is -0.480 e. The Kier molecular flexibility index (Phi) is 2.67. The molecule has 0 saturated heterocycles. The molecule has 1 unspecified atom stereocenters. The number of hydrogen-bond donors (Lipinski definition) is 2. The number of nitrogens with one attached hydrogen (secondary N) is 2. The van der Waals surface area contributed by atoms with E-state index in [4.69, 9.17) is 4.74 Å². The molecule has 4 rings (SSSR count). The van der Waals surface area contributed by atoms with Gasteiger partial charge >= 0.3 is 0 Å². The van der Waals surface area contributed by atoms with Gasteiger partial charge < -0.3 is 15.0 Å². The number of benzene rings is 2.